The van der Waals surface area contributed by atoms with Gasteiger partial charge in [0.1, 0.15) is 11.6 Å². The minimum absolute atomic E-state index is 0.0762. The first-order valence-electron chi connectivity index (χ1n) is 6.66. The van der Waals surface area contributed by atoms with Crippen molar-refractivity contribution < 1.29 is 8.60 Å². The third kappa shape index (κ3) is 3.76. The van der Waals surface area contributed by atoms with E-state index in [-0.39, 0.29) is 11.1 Å². The molecule has 2 atom stereocenters. The number of nitrogens with zero attached hydrogens (tertiary/aromatic N) is 2. The lowest BCUT2D eigenvalue weighted by atomic mass is 10.2. The number of aryl methyl sites for hydroxylation is 1. The molecule has 0 radical (unpaired) electrons. The zero-order valence-electron chi connectivity index (χ0n) is 11.9. The van der Waals surface area contributed by atoms with Crippen LogP contribution in [-0.2, 0) is 17.2 Å². The normalized spacial score (nSPS) is 14.5. The van der Waals surface area contributed by atoms with Gasteiger partial charge in [-0.3, -0.25) is 4.21 Å². The lowest BCUT2D eigenvalue weighted by Gasteiger charge is -2.17. The van der Waals surface area contributed by atoms with E-state index in [4.69, 9.17) is 23.2 Å². The second-order valence-electron chi connectivity index (χ2n) is 5.01. The van der Waals surface area contributed by atoms with Crippen LogP contribution in [0.15, 0.2) is 12.1 Å². The summed E-state index contributed by atoms with van der Waals surface area (Å²) in [6, 6.07) is 3.03. The van der Waals surface area contributed by atoms with E-state index in [2.05, 4.69) is 4.98 Å². The van der Waals surface area contributed by atoms with Gasteiger partial charge in [-0.05, 0) is 19.4 Å². The van der Waals surface area contributed by atoms with Gasteiger partial charge in [-0.15, -0.1) is 11.6 Å². The molecule has 0 amide bonds. The van der Waals surface area contributed by atoms with Gasteiger partial charge in [-0.2, -0.15) is 0 Å². The summed E-state index contributed by atoms with van der Waals surface area (Å²) >= 11 is 11.7. The fraction of sp³-hybridized carbons (Fsp3) is 0.500. The van der Waals surface area contributed by atoms with Crippen molar-refractivity contribution in [2.24, 2.45) is 0 Å². The Kier molecular flexibility index (Phi) is 5.63. The average molecular weight is 351 g/mol. The van der Waals surface area contributed by atoms with E-state index in [1.54, 1.807) is 12.3 Å². The molecular weight excluding hydrogens is 334 g/mol. The zero-order valence-corrected chi connectivity index (χ0v) is 14.2. The van der Waals surface area contributed by atoms with Crippen molar-refractivity contribution in [1.29, 1.82) is 0 Å². The van der Waals surface area contributed by atoms with Crippen LogP contribution in [0.4, 0.5) is 4.39 Å². The number of aromatic nitrogens is 2. The van der Waals surface area contributed by atoms with Crippen LogP contribution < -0.4 is 0 Å². The van der Waals surface area contributed by atoms with Crippen LogP contribution in [0.3, 0.4) is 0 Å². The standard InChI is InChI=1S/C14H17Cl2FN2OS/c1-9(4-6-21(2)20)19-13-7-10(16)11(17)8-12(13)18-14(19)3-5-15/h7-9H,3-6H2,1-2H3. The van der Waals surface area contributed by atoms with Crippen molar-refractivity contribution in [3.05, 3.63) is 28.8 Å². The van der Waals surface area contributed by atoms with E-state index in [0.717, 1.165) is 17.8 Å². The van der Waals surface area contributed by atoms with Gasteiger partial charge in [0.15, 0.2) is 0 Å². The molecule has 2 rings (SSSR count). The van der Waals surface area contributed by atoms with Crippen molar-refractivity contribution in [2.45, 2.75) is 25.8 Å². The predicted octanol–water partition coefficient (Wildman–Crippen LogP) is 3.94. The molecule has 0 N–H and O–H groups in total. The van der Waals surface area contributed by atoms with E-state index < -0.39 is 16.6 Å². The van der Waals surface area contributed by atoms with Gasteiger partial charge in [-0.25, -0.2) is 9.37 Å². The van der Waals surface area contributed by atoms with E-state index in [9.17, 15) is 8.60 Å². The maximum absolute atomic E-state index is 13.6. The van der Waals surface area contributed by atoms with Crippen LogP contribution in [0.25, 0.3) is 11.0 Å². The molecule has 1 aromatic heterocycles. The largest absolute Gasteiger partial charge is 0.325 e. The Morgan fingerprint density at radius 1 is 1.48 bits per heavy atom. The first-order valence-corrected chi connectivity index (χ1v) is 9.29. The van der Waals surface area contributed by atoms with Crippen LogP contribution in [0, 0.1) is 5.82 Å². The molecule has 0 saturated heterocycles. The SMILES string of the molecule is CC(CCS(C)=O)n1c(CCCl)nc2cc(F)c(Cl)cc21. The van der Waals surface area contributed by atoms with Gasteiger partial charge in [0.2, 0.25) is 0 Å². The predicted molar refractivity (Wildman–Crippen MR) is 87.4 cm³/mol. The minimum Gasteiger partial charge on any atom is -0.325 e. The van der Waals surface area contributed by atoms with Crippen LogP contribution in [0.2, 0.25) is 5.02 Å². The van der Waals surface area contributed by atoms with E-state index in [1.165, 1.54) is 6.07 Å². The molecule has 2 unspecified atom stereocenters. The van der Waals surface area contributed by atoms with Crippen molar-refractivity contribution in [3.8, 4) is 0 Å². The highest BCUT2D eigenvalue weighted by molar-refractivity contribution is 7.84. The quantitative estimate of drug-likeness (QED) is 0.739. The molecule has 0 bridgehead atoms. The lowest BCUT2D eigenvalue weighted by molar-refractivity contribution is 0.525. The summed E-state index contributed by atoms with van der Waals surface area (Å²) in [6.45, 7) is 2.03. The van der Waals surface area contributed by atoms with Crippen LogP contribution >= 0.6 is 23.2 Å². The van der Waals surface area contributed by atoms with Crippen LogP contribution in [-0.4, -0.2) is 31.6 Å². The summed E-state index contributed by atoms with van der Waals surface area (Å²) in [4.78, 5) is 4.46. The van der Waals surface area contributed by atoms with Crippen molar-refractivity contribution >= 4 is 45.0 Å². The number of imidazole rings is 1. The second-order valence-corrected chi connectivity index (χ2v) is 7.35. The summed E-state index contributed by atoms with van der Waals surface area (Å²) in [5.41, 5.74) is 1.36. The number of hydrogen-bond donors (Lipinski definition) is 0. The molecule has 0 fully saturated rings. The topological polar surface area (TPSA) is 34.9 Å². The third-order valence-electron chi connectivity index (χ3n) is 3.39. The fourth-order valence-corrected chi connectivity index (χ4v) is 3.36. The Morgan fingerprint density at radius 2 is 2.19 bits per heavy atom. The summed E-state index contributed by atoms with van der Waals surface area (Å²) in [7, 11) is -0.846. The smallest absolute Gasteiger partial charge is 0.144 e. The molecule has 0 aliphatic heterocycles. The highest BCUT2D eigenvalue weighted by Gasteiger charge is 2.17. The molecule has 116 valence electrons. The second kappa shape index (κ2) is 7.07. The lowest BCUT2D eigenvalue weighted by Crippen LogP contribution is -2.12. The molecule has 1 aromatic carbocycles. The first kappa shape index (κ1) is 16.7. The molecule has 0 spiro atoms. The summed E-state index contributed by atoms with van der Waals surface area (Å²) in [6.07, 6.45) is 3.03. The van der Waals surface area contributed by atoms with E-state index in [0.29, 0.717) is 23.6 Å². The molecule has 21 heavy (non-hydrogen) atoms. The maximum Gasteiger partial charge on any atom is 0.144 e. The highest BCUT2D eigenvalue weighted by atomic mass is 35.5. The number of benzene rings is 1. The van der Waals surface area contributed by atoms with Crippen molar-refractivity contribution in [1.82, 2.24) is 9.55 Å². The summed E-state index contributed by atoms with van der Waals surface area (Å²) in [5.74, 6) is 1.37. The molecule has 0 aliphatic rings. The Hall–Kier alpha value is -0.650. The molecule has 1 heterocycles. The van der Waals surface area contributed by atoms with Gasteiger partial charge in [-0.1, -0.05) is 11.6 Å². The highest BCUT2D eigenvalue weighted by Crippen LogP contribution is 2.28. The van der Waals surface area contributed by atoms with Crippen molar-refractivity contribution in [2.75, 3.05) is 17.9 Å². The fourth-order valence-electron chi connectivity index (χ4n) is 2.36. The molecule has 7 heteroatoms. The average Bonchev–Trinajstić information content (AvgIpc) is 2.74. The molecule has 2 aromatic rings. The monoisotopic (exact) mass is 350 g/mol. The van der Waals surface area contributed by atoms with Gasteiger partial charge >= 0.3 is 0 Å². The Morgan fingerprint density at radius 3 is 2.81 bits per heavy atom. The number of hydrogen-bond acceptors (Lipinski definition) is 2. The molecule has 0 saturated carbocycles. The first-order chi connectivity index (χ1) is 9.93. The van der Waals surface area contributed by atoms with Gasteiger partial charge < -0.3 is 4.57 Å². The Labute approximate surface area is 135 Å². The number of fused-ring (bicyclic) bond motifs is 1. The zero-order chi connectivity index (χ0) is 15.6. The van der Waals surface area contributed by atoms with Crippen LogP contribution in [0.5, 0.6) is 0 Å². The van der Waals surface area contributed by atoms with Gasteiger partial charge in [0.25, 0.3) is 0 Å². The van der Waals surface area contributed by atoms with Gasteiger partial charge in [0, 0.05) is 47.2 Å². The number of halogens is 3. The molecule has 0 aliphatic carbocycles. The van der Waals surface area contributed by atoms with Crippen molar-refractivity contribution in [3.63, 3.8) is 0 Å². The summed E-state index contributed by atoms with van der Waals surface area (Å²) in [5, 5.41) is 0.0762. The van der Waals surface area contributed by atoms with E-state index in [1.807, 2.05) is 11.5 Å². The van der Waals surface area contributed by atoms with Gasteiger partial charge in [0.05, 0.1) is 16.1 Å². The molecular formula is C14H17Cl2FN2OS. The summed E-state index contributed by atoms with van der Waals surface area (Å²) < 4.78 is 26.9. The number of alkyl halides is 1. The third-order valence-corrected chi connectivity index (χ3v) is 4.68. The Balaban J connectivity index is 2.49. The van der Waals surface area contributed by atoms with E-state index >= 15 is 0 Å². The Bertz CT molecular complexity index is 675. The minimum atomic E-state index is -0.846. The van der Waals surface area contributed by atoms with Crippen LogP contribution in [0.1, 0.15) is 25.2 Å². The molecule has 3 nitrogen and oxygen atoms in total. The number of rotatable bonds is 6. The maximum atomic E-state index is 13.6.